The lowest BCUT2D eigenvalue weighted by atomic mass is 9.84. The highest BCUT2D eigenvalue weighted by Gasteiger charge is 2.35. The summed E-state index contributed by atoms with van der Waals surface area (Å²) in [5.74, 6) is -2.17. The molecule has 0 aliphatic carbocycles. The van der Waals surface area contributed by atoms with Gasteiger partial charge in [0.05, 0.1) is 5.92 Å². The Morgan fingerprint density at radius 1 is 1.43 bits per heavy atom. The van der Waals surface area contributed by atoms with Crippen molar-refractivity contribution in [2.75, 3.05) is 0 Å². The van der Waals surface area contributed by atoms with E-state index >= 15 is 0 Å². The zero-order valence-electron chi connectivity index (χ0n) is 10.9. The Balaban J connectivity index is 2.27. The Morgan fingerprint density at radius 3 is 2.86 bits per heavy atom. The SMILES string of the molecule is Cc1[nH]nc2c1C(c1ccc(F)cc1F)C(C#N)=C(N)O2. The molecule has 1 aromatic heterocycles. The molecule has 0 saturated carbocycles. The van der Waals surface area contributed by atoms with E-state index < -0.39 is 17.6 Å². The average molecular weight is 288 g/mol. The Hall–Kier alpha value is -2.88. The van der Waals surface area contributed by atoms with Crippen LogP contribution < -0.4 is 10.5 Å². The highest BCUT2D eigenvalue weighted by Crippen LogP contribution is 2.43. The van der Waals surface area contributed by atoms with E-state index in [-0.39, 0.29) is 22.9 Å². The minimum atomic E-state index is -0.780. The molecule has 106 valence electrons. The predicted molar refractivity (Wildman–Crippen MR) is 69.0 cm³/mol. The van der Waals surface area contributed by atoms with Crippen molar-refractivity contribution in [1.82, 2.24) is 10.2 Å². The maximum atomic E-state index is 14.1. The van der Waals surface area contributed by atoms with Crippen molar-refractivity contribution in [2.24, 2.45) is 5.73 Å². The number of hydrogen-bond donors (Lipinski definition) is 2. The fourth-order valence-corrected chi connectivity index (χ4v) is 2.45. The van der Waals surface area contributed by atoms with Gasteiger partial charge in [0.25, 0.3) is 0 Å². The van der Waals surface area contributed by atoms with Crippen molar-refractivity contribution in [3.8, 4) is 11.9 Å². The van der Waals surface area contributed by atoms with Crippen LogP contribution in [0.3, 0.4) is 0 Å². The van der Waals surface area contributed by atoms with Crippen LogP contribution in [-0.4, -0.2) is 10.2 Å². The third-order valence-electron chi connectivity index (χ3n) is 3.40. The number of ether oxygens (including phenoxy) is 1. The molecule has 0 spiro atoms. The minimum absolute atomic E-state index is 0.0671. The average Bonchev–Trinajstić information content (AvgIpc) is 2.79. The summed E-state index contributed by atoms with van der Waals surface area (Å²) in [7, 11) is 0. The van der Waals surface area contributed by atoms with Crippen LogP contribution >= 0.6 is 0 Å². The van der Waals surface area contributed by atoms with Crippen molar-refractivity contribution in [2.45, 2.75) is 12.8 Å². The standard InChI is InChI=1S/C14H10F2N4O/c1-6-11-12(8-3-2-7(15)4-10(8)16)9(5-17)13(18)21-14(11)20-19-6/h2-4,12H,18H2,1H3,(H,19,20). The van der Waals surface area contributed by atoms with E-state index in [2.05, 4.69) is 10.2 Å². The van der Waals surface area contributed by atoms with Gasteiger partial charge in [-0.3, -0.25) is 5.10 Å². The second-order valence-electron chi connectivity index (χ2n) is 4.66. The summed E-state index contributed by atoms with van der Waals surface area (Å²) in [4.78, 5) is 0. The summed E-state index contributed by atoms with van der Waals surface area (Å²) in [5, 5.41) is 15.9. The third kappa shape index (κ3) is 1.92. The monoisotopic (exact) mass is 288 g/mol. The number of rotatable bonds is 1. The van der Waals surface area contributed by atoms with Crippen molar-refractivity contribution < 1.29 is 13.5 Å². The summed E-state index contributed by atoms with van der Waals surface area (Å²) in [6, 6.07) is 5.12. The summed E-state index contributed by atoms with van der Waals surface area (Å²) in [6.07, 6.45) is 0. The van der Waals surface area contributed by atoms with Crippen molar-refractivity contribution >= 4 is 0 Å². The van der Waals surface area contributed by atoms with Gasteiger partial charge >= 0.3 is 0 Å². The first-order valence-electron chi connectivity index (χ1n) is 6.10. The first-order chi connectivity index (χ1) is 10.0. The van der Waals surface area contributed by atoms with E-state index in [0.717, 1.165) is 12.1 Å². The molecule has 7 heteroatoms. The number of nitriles is 1. The number of aromatic nitrogens is 2. The third-order valence-corrected chi connectivity index (χ3v) is 3.40. The number of aromatic amines is 1. The van der Waals surface area contributed by atoms with Gasteiger partial charge in [-0.15, -0.1) is 5.10 Å². The lowest BCUT2D eigenvalue weighted by Crippen LogP contribution is -2.21. The normalized spacial score (nSPS) is 17.1. The molecule has 0 amide bonds. The van der Waals surface area contributed by atoms with Crippen LogP contribution in [0.15, 0.2) is 29.7 Å². The molecular formula is C14H10F2N4O. The molecule has 3 N–H and O–H groups in total. The molecule has 0 radical (unpaired) electrons. The molecule has 3 rings (SSSR count). The van der Waals surface area contributed by atoms with E-state index in [9.17, 15) is 14.0 Å². The molecule has 1 aromatic carbocycles. The fraction of sp³-hybridized carbons (Fsp3) is 0.143. The summed E-state index contributed by atoms with van der Waals surface area (Å²) in [6.45, 7) is 1.72. The van der Waals surface area contributed by atoms with Crippen molar-refractivity contribution in [3.05, 3.63) is 58.1 Å². The van der Waals surface area contributed by atoms with Crippen LogP contribution in [0, 0.1) is 29.9 Å². The second kappa shape index (κ2) is 4.59. The first kappa shape index (κ1) is 13.1. The summed E-state index contributed by atoms with van der Waals surface area (Å²) in [5.41, 5.74) is 7.06. The van der Waals surface area contributed by atoms with Gasteiger partial charge in [0.1, 0.15) is 23.3 Å². The summed E-state index contributed by atoms with van der Waals surface area (Å²) < 4.78 is 32.5. The van der Waals surface area contributed by atoms with E-state index in [1.807, 2.05) is 6.07 Å². The molecule has 2 aromatic rings. The number of hydrogen-bond acceptors (Lipinski definition) is 4. The van der Waals surface area contributed by atoms with E-state index in [1.54, 1.807) is 6.92 Å². The lowest BCUT2D eigenvalue weighted by Gasteiger charge is -2.23. The maximum Gasteiger partial charge on any atom is 0.244 e. The number of aryl methyl sites for hydroxylation is 1. The molecule has 21 heavy (non-hydrogen) atoms. The van der Waals surface area contributed by atoms with Gasteiger partial charge in [-0.05, 0) is 13.0 Å². The van der Waals surface area contributed by atoms with Gasteiger partial charge in [0.2, 0.25) is 11.8 Å². The number of nitrogens with two attached hydrogens (primary N) is 1. The smallest absolute Gasteiger partial charge is 0.244 e. The van der Waals surface area contributed by atoms with E-state index in [0.29, 0.717) is 11.3 Å². The number of H-pyrrole nitrogens is 1. The van der Waals surface area contributed by atoms with Crippen molar-refractivity contribution in [3.63, 3.8) is 0 Å². The van der Waals surface area contributed by atoms with Crippen molar-refractivity contribution in [1.29, 1.82) is 5.26 Å². The largest absolute Gasteiger partial charge is 0.420 e. The molecule has 1 aliphatic heterocycles. The van der Waals surface area contributed by atoms with Gasteiger partial charge in [0.15, 0.2) is 0 Å². The number of halogens is 2. The highest BCUT2D eigenvalue weighted by molar-refractivity contribution is 5.55. The number of nitrogens with one attached hydrogen (secondary N) is 1. The molecule has 1 unspecified atom stereocenters. The number of allylic oxidation sites excluding steroid dienone is 1. The van der Waals surface area contributed by atoms with Gasteiger partial charge < -0.3 is 10.5 Å². The molecule has 2 heterocycles. The second-order valence-corrected chi connectivity index (χ2v) is 4.66. The molecule has 1 atom stereocenters. The van der Waals surface area contributed by atoms with Gasteiger partial charge in [-0.25, -0.2) is 8.78 Å². The minimum Gasteiger partial charge on any atom is -0.420 e. The molecule has 1 aliphatic rings. The fourth-order valence-electron chi connectivity index (χ4n) is 2.45. The molecule has 0 bridgehead atoms. The Bertz CT molecular complexity index is 804. The molecule has 0 fully saturated rings. The quantitative estimate of drug-likeness (QED) is 0.842. The van der Waals surface area contributed by atoms with Crippen LogP contribution in [0.5, 0.6) is 5.88 Å². The Labute approximate surface area is 118 Å². The topological polar surface area (TPSA) is 87.7 Å². The van der Waals surface area contributed by atoms with Crippen LogP contribution in [0.1, 0.15) is 22.7 Å². The number of fused-ring (bicyclic) bond motifs is 1. The van der Waals surface area contributed by atoms with Gasteiger partial charge in [-0.2, -0.15) is 5.26 Å². The van der Waals surface area contributed by atoms with E-state index in [1.165, 1.54) is 6.07 Å². The predicted octanol–water partition coefficient (Wildman–Crippen LogP) is 2.21. The van der Waals surface area contributed by atoms with Crippen LogP contribution in [0.4, 0.5) is 8.78 Å². The number of nitrogens with zero attached hydrogens (tertiary/aromatic N) is 2. The van der Waals surface area contributed by atoms with Crippen LogP contribution in [0.2, 0.25) is 0 Å². The zero-order chi connectivity index (χ0) is 15.1. The van der Waals surface area contributed by atoms with Crippen LogP contribution in [-0.2, 0) is 0 Å². The summed E-state index contributed by atoms with van der Waals surface area (Å²) >= 11 is 0. The van der Waals surface area contributed by atoms with Crippen LogP contribution in [0.25, 0.3) is 0 Å². The van der Waals surface area contributed by atoms with E-state index in [4.69, 9.17) is 10.5 Å². The number of benzene rings is 1. The molecular weight excluding hydrogens is 278 g/mol. The maximum absolute atomic E-state index is 14.1. The Kier molecular flexibility index (Phi) is 2.87. The van der Waals surface area contributed by atoms with Gasteiger partial charge in [0, 0.05) is 22.9 Å². The Morgan fingerprint density at radius 2 is 2.19 bits per heavy atom. The highest BCUT2D eigenvalue weighted by atomic mass is 19.1. The van der Waals surface area contributed by atoms with Gasteiger partial charge in [-0.1, -0.05) is 6.07 Å². The molecule has 5 nitrogen and oxygen atoms in total. The first-order valence-corrected chi connectivity index (χ1v) is 6.10. The lowest BCUT2D eigenvalue weighted by molar-refractivity contribution is 0.377. The molecule has 0 saturated heterocycles. The zero-order valence-corrected chi connectivity index (χ0v) is 10.9.